The minimum absolute atomic E-state index is 0.538. The van der Waals surface area contributed by atoms with Crippen LogP contribution in [0.25, 0.3) is 0 Å². The van der Waals surface area contributed by atoms with E-state index < -0.39 is 0 Å². The van der Waals surface area contributed by atoms with Crippen LogP contribution in [0.15, 0.2) is 43.2 Å². The van der Waals surface area contributed by atoms with Crippen molar-refractivity contribution in [1.82, 2.24) is 29.2 Å². The Balaban J connectivity index is 1.68. The first kappa shape index (κ1) is 17.9. The molecule has 0 aliphatic rings. The normalized spacial score (nSPS) is 11.1. The first-order valence-corrected chi connectivity index (χ1v) is 8.43. The Hall–Kier alpha value is -2.87. The van der Waals surface area contributed by atoms with Crippen LogP contribution in [0.3, 0.4) is 0 Å². The van der Waals surface area contributed by atoms with E-state index in [0.29, 0.717) is 19.7 Å². The molecule has 8 heteroatoms. The van der Waals surface area contributed by atoms with Crippen molar-refractivity contribution in [1.29, 1.82) is 0 Å². The van der Waals surface area contributed by atoms with Crippen molar-refractivity contribution in [3.8, 4) is 11.5 Å². The smallest absolute Gasteiger partial charge is 0.165 e. The van der Waals surface area contributed by atoms with Gasteiger partial charge in [-0.1, -0.05) is 12.1 Å². The number of ether oxygens (including phenoxy) is 2. The molecular formula is C18H24N6O2. The molecule has 0 radical (unpaired) electrons. The first-order valence-electron chi connectivity index (χ1n) is 8.43. The molecule has 0 saturated carbocycles. The van der Waals surface area contributed by atoms with Gasteiger partial charge in [-0.15, -0.1) is 10.2 Å². The first-order chi connectivity index (χ1) is 12.7. The molecule has 0 spiro atoms. The number of nitrogens with zero attached hydrogens (tertiary/aromatic N) is 6. The van der Waals surface area contributed by atoms with E-state index in [1.165, 1.54) is 0 Å². The third-order valence-corrected chi connectivity index (χ3v) is 4.09. The summed E-state index contributed by atoms with van der Waals surface area (Å²) < 4.78 is 15.5. The fraction of sp³-hybridized carbons (Fsp3) is 0.389. The van der Waals surface area contributed by atoms with Gasteiger partial charge in [-0.05, 0) is 13.1 Å². The van der Waals surface area contributed by atoms with E-state index in [1.54, 1.807) is 26.0 Å². The molecule has 3 aromatic rings. The third kappa shape index (κ3) is 4.40. The molecule has 0 N–H and O–H groups in total. The molecule has 26 heavy (non-hydrogen) atoms. The number of para-hydroxylation sites is 1. The predicted octanol–water partition coefficient (Wildman–Crippen LogP) is 1.73. The van der Waals surface area contributed by atoms with Gasteiger partial charge in [-0.3, -0.25) is 4.90 Å². The van der Waals surface area contributed by atoms with Gasteiger partial charge in [0.15, 0.2) is 11.5 Å². The molecule has 0 unspecified atom stereocenters. The number of aromatic nitrogens is 5. The minimum atomic E-state index is 0.538. The van der Waals surface area contributed by atoms with Crippen molar-refractivity contribution in [3.63, 3.8) is 0 Å². The van der Waals surface area contributed by atoms with Gasteiger partial charge < -0.3 is 18.6 Å². The predicted molar refractivity (Wildman–Crippen MR) is 96.9 cm³/mol. The number of aryl methyl sites for hydroxylation is 1. The van der Waals surface area contributed by atoms with Crippen LogP contribution in [-0.4, -0.2) is 50.0 Å². The fourth-order valence-electron chi connectivity index (χ4n) is 2.72. The van der Waals surface area contributed by atoms with Crippen LogP contribution in [0, 0.1) is 0 Å². The van der Waals surface area contributed by atoms with Crippen LogP contribution in [0.2, 0.25) is 0 Å². The molecule has 2 heterocycles. The van der Waals surface area contributed by atoms with Crippen LogP contribution in [0.4, 0.5) is 0 Å². The van der Waals surface area contributed by atoms with E-state index in [0.717, 1.165) is 29.4 Å². The maximum absolute atomic E-state index is 6.06. The van der Waals surface area contributed by atoms with Crippen molar-refractivity contribution in [3.05, 3.63) is 54.6 Å². The lowest BCUT2D eigenvalue weighted by atomic mass is 10.1. The maximum atomic E-state index is 6.06. The summed E-state index contributed by atoms with van der Waals surface area (Å²) in [5.41, 5.74) is 1.07. The lowest BCUT2D eigenvalue weighted by Crippen LogP contribution is -2.20. The maximum Gasteiger partial charge on any atom is 0.165 e. The van der Waals surface area contributed by atoms with Gasteiger partial charge in [-0.25, -0.2) is 4.98 Å². The molecule has 8 nitrogen and oxygen atoms in total. The van der Waals surface area contributed by atoms with Crippen LogP contribution < -0.4 is 9.47 Å². The average molecular weight is 356 g/mol. The topological polar surface area (TPSA) is 70.2 Å². The van der Waals surface area contributed by atoms with Crippen molar-refractivity contribution in [2.24, 2.45) is 7.05 Å². The number of rotatable bonds is 9. The molecule has 0 bridgehead atoms. The summed E-state index contributed by atoms with van der Waals surface area (Å²) in [5, 5.41) is 8.06. The zero-order valence-electron chi connectivity index (χ0n) is 15.4. The second-order valence-electron chi connectivity index (χ2n) is 6.13. The number of methoxy groups -OCH3 is 1. The number of hydrogen-bond donors (Lipinski definition) is 0. The van der Waals surface area contributed by atoms with Gasteiger partial charge in [-0.2, -0.15) is 0 Å². The molecular weight excluding hydrogens is 332 g/mol. The molecule has 2 aromatic heterocycles. The highest BCUT2D eigenvalue weighted by atomic mass is 16.5. The molecule has 0 aliphatic heterocycles. The van der Waals surface area contributed by atoms with E-state index >= 15 is 0 Å². The Morgan fingerprint density at radius 1 is 1.19 bits per heavy atom. The van der Waals surface area contributed by atoms with E-state index in [-0.39, 0.29) is 0 Å². The third-order valence-electron chi connectivity index (χ3n) is 4.09. The van der Waals surface area contributed by atoms with E-state index in [1.807, 2.05) is 41.6 Å². The molecule has 3 rings (SSSR count). The number of benzene rings is 1. The molecule has 0 fully saturated rings. The summed E-state index contributed by atoms with van der Waals surface area (Å²) in [6.07, 6.45) is 7.16. The van der Waals surface area contributed by atoms with E-state index in [4.69, 9.17) is 9.47 Å². The zero-order valence-corrected chi connectivity index (χ0v) is 15.4. The SMILES string of the molecule is COc1cccc(CN(C)Cc2nncn2C)c1OCCn1ccnc1. The minimum Gasteiger partial charge on any atom is -0.493 e. The van der Waals surface area contributed by atoms with Crippen molar-refractivity contribution < 1.29 is 9.47 Å². The standard InChI is InChI=1S/C18H24N6O2/c1-22(12-17-21-20-14-23(17)2)11-15-5-4-6-16(25-3)18(15)26-10-9-24-8-7-19-13-24/h4-8,13-14H,9-12H2,1-3H3. The fourth-order valence-corrected chi connectivity index (χ4v) is 2.72. The highest BCUT2D eigenvalue weighted by molar-refractivity contribution is 5.46. The second kappa shape index (κ2) is 8.48. The Bertz CT molecular complexity index is 815. The van der Waals surface area contributed by atoms with E-state index in [2.05, 4.69) is 26.1 Å². The van der Waals surface area contributed by atoms with Crippen LogP contribution in [-0.2, 0) is 26.7 Å². The van der Waals surface area contributed by atoms with Crippen LogP contribution in [0.5, 0.6) is 11.5 Å². The Kier molecular flexibility index (Phi) is 5.85. The van der Waals surface area contributed by atoms with Gasteiger partial charge >= 0.3 is 0 Å². The van der Waals surface area contributed by atoms with Gasteiger partial charge in [0.1, 0.15) is 18.8 Å². The molecule has 0 atom stereocenters. The number of imidazole rings is 1. The van der Waals surface area contributed by atoms with Gasteiger partial charge in [0.05, 0.1) is 26.5 Å². The Morgan fingerprint density at radius 3 is 2.77 bits per heavy atom. The lowest BCUT2D eigenvalue weighted by Gasteiger charge is -2.20. The zero-order chi connectivity index (χ0) is 18.4. The monoisotopic (exact) mass is 356 g/mol. The highest BCUT2D eigenvalue weighted by Crippen LogP contribution is 2.32. The summed E-state index contributed by atoms with van der Waals surface area (Å²) in [4.78, 5) is 6.21. The second-order valence-corrected chi connectivity index (χ2v) is 6.13. The van der Waals surface area contributed by atoms with Crippen LogP contribution >= 0.6 is 0 Å². The quantitative estimate of drug-likeness (QED) is 0.582. The summed E-state index contributed by atoms with van der Waals surface area (Å²) in [6, 6.07) is 5.95. The summed E-state index contributed by atoms with van der Waals surface area (Å²) in [7, 11) is 5.65. The average Bonchev–Trinajstić information content (AvgIpc) is 3.28. The highest BCUT2D eigenvalue weighted by Gasteiger charge is 2.14. The molecule has 138 valence electrons. The van der Waals surface area contributed by atoms with Crippen molar-refractivity contribution in [2.45, 2.75) is 19.6 Å². The molecule has 0 aliphatic carbocycles. The number of hydrogen-bond acceptors (Lipinski definition) is 6. The largest absolute Gasteiger partial charge is 0.493 e. The van der Waals surface area contributed by atoms with Gasteiger partial charge in [0.25, 0.3) is 0 Å². The van der Waals surface area contributed by atoms with Gasteiger partial charge in [0.2, 0.25) is 0 Å². The molecule has 0 saturated heterocycles. The van der Waals surface area contributed by atoms with E-state index in [9.17, 15) is 0 Å². The van der Waals surface area contributed by atoms with Gasteiger partial charge in [0, 0.05) is 31.5 Å². The summed E-state index contributed by atoms with van der Waals surface area (Å²) in [5.74, 6) is 2.43. The lowest BCUT2D eigenvalue weighted by molar-refractivity contribution is 0.262. The summed E-state index contributed by atoms with van der Waals surface area (Å²) >= 11 is 0. The Labute approximate surface area is 153 Å². The Morgan fingerprint density at radius 2 is 2.08 bits per heavy atom. The molecule has 0 amide bonds. The molecule has 1 aromatic carbocycles. The van der Waals surface area contributed by atoms with Crippen molar-refractivity contribution in [2.75, 3.05) is 20.8 Å². The summed E-state index contributed by atoms with van der Waals surface area (Å²) in [6.45, 7) is 2.68. The van der Waals surface area contributed by atoms with Crippen LogP contribution in [0.1, 0.15) is 11.4 Å². The van der Waals surface area contributed by atoms with Crippen molar-refractivity contribution >= 4 is 0 Å².